The number of unbranched alkanes of at least 4 members (excludes halogenated alkanes) is 9. The summed E-state index contributed by atoms with van der Waals surface area (Å²) in [6.07, 6.45) is 65.2. The molecule has 0 amide bonds. The summed E-state index contributed by atoms with van der Waals surface area (Å²) in [6.45, 7) is 5.28. The quantitative estimate of drug-likeness (QED) is 0.0214. The minimum atomic E-state index is -4.30. The molecule has 2 atom stereocenters. The maximum Gasteiger partial charge on any atom is 0.472 e. The van der Waals surface area contributed by atoms with Crippen LogP contribution in [0.5, 0.6) is 0 Å². The summed E-state index contributed by atoms with van der Waals surface area (Å²) in [5.41, 5.74) is 0. The highest BCUT2D eigenvalue weighted by atomic mass is 31.2. The van der Waals surface area contributed by atoms with Crippen LogP contribution in [-0.4, -0.2) is 75.6 Å². The maximum absolute atomic E-state index is 12.7. The molecule has 0 saturated heterocycles. The number of esters is 1. The molecule has 0 aliphatic rings. The number of allylic oxidation sites excluding steroid dienone is 20. The van der Waals surface area contributed by atoms with Gasteiger partial charge in [-0.3, -0.25) is 13.8 Å². The number of phosphoric acid groups is 1. The number of phosphoric ester groups is 1. The van der Waals surface area contributed by atoms with E-state index in [4.69, 9.17) is 18.5 Å². The normalized spacial score (nSPS) is 14.7. The first-order valence-corrected chi connectivity index (χ1v) is 25.8. The van der Waals surface area contributed by atoms with Crippen molar-refractivity contribution in [2.24, 2.45) is 0 Å². The lowest BCUT2D eigenvalue weighted by Crippen LogP contribution is -2.37. The molecule has 0 aromatic carbocycles. The highest BCUT2D eigenvalue weighted by molar-refractivity contribution is 7.47. The summed E-state index contributed by atoms with van der Waals surface area (Å²) in [5.74, 6) is -0.351. The van der Waals surface area contributed by atoms with Crippen molar-refractivity contribution in [2.75, 3.05) is 54.1 Å². The Morgan fingerprint density at radius 3 is 1.30 bits per heavy atom. The molecule has 8 nitrogen and oxygen atoms in total. The first kappa shape index (κ1) is 59.9. The number of likely N-dealkylation sites (N-methyl/N-ethyl adjacent to an activating group) is 1. The topological polar surface area (TPSA) is 91.3 Å². The number of carbonyl (C=O) groups excluding carboxylic acids is 1. The molecule has 0 radical (unpaired) electrons. The molecule has 0 aliphatic carbocycles. The standard InChI is InChI=1S/C54H90NO7P/c1-6-8-10-12-14-16-18-20-22-24-26-27-28-29-30-31-33-35-37-39-41-43-45-47-54(56)62-53(52-61-63(57,58)60-50-48-55(3,4)5)51-59-49-46-44-42-40-38-36-34-32-25-23-21-19-17-15-13-11-9-7-2/h8-11,14-17,20-23,26-27,29-30,32-35,53H,6-7,12-13,18-19,24-25,28,31,36-52H2,1-5H3/p+1/b10-8-,11-9-,16-14-,17-15-,22-20-,23-21-,27-26-,30-29-,34-32-,35-33-. The van der Waals surface area contributed by atoms with Gasteiger partial charge in [-0.2, -0.15) is 0 Å². The van der Waals surface area contributed by atoms with Crippen LogP contribution < -0.4 is 0 Å². The Kier molecular flexibility index (Phi) is 43.2. The Morgan fingerprint density at radius 2 is 0.873 bits per heavy atom. The molecule has 0 aromatic rings. The van der Waals surface area contributed by atoms with Gasteiger partial charge in [0.15, 0.2) is 0 Å². The molecular weight excluding hydrogens is 806 g/mol. The second-order valence-electron chi connectivity index (χ2n) is 16.7. The maximum atomic E-state index is 12.7. The van der Waals surface area contributed by atoms with Gasteiger partial charge in [-0.25, -0.2) is 4.57 Å². The van der Waals surface area contributed by atoms with Gasteiger partial charge in [-0.15, -0.1) is 0 Å². The number of hydrogen-bond acceptors (Lipinski definition) is 6. The fourth-order valence-corrected chi connectivity index (χ4v) is 6.58. The van der Waals surface area contributed by atoms with Crippen LogP contribution >= 0.6 is 7.82 Å². The lowest BCUT2D eigenvalue weighted by atomic mass is 10.1. The molecular formula is C54H91NO7P+. The third-order valence-electron chi connectivity index (χ3n) is 9.52. The van der Waals surface area contributed by atoms with Crippen LogP contribution in [0.4, 0.5) is 0 Å². The van der Waals surface area contributed by atoms with Crippen LogP contribution in [0, 0.1) is 0 Å². The van der Waals surface area contributed by atoms with E-state index in [0.29, 0.717) is 17.6 Å². The lowest BCUT2D eigenvalue weighted by Gasteiger charge is -2.24. The smallest absolute Gasteiger partial charge is 0.457 e. The first-order chi connectivity index (χ1) is 30.6. The van der Waals surface area contributed by atoms with Gasteiger partial charge in [0.05, 0.1) is 34.4 Å². The molecule has 63 heavy (non-hydrogen) atoms. The van der Waals surface area contributed by atoms with Crippen LogP contribution in [0.2, 0.25) is 0 Å². The highest BCUT2D eigenvalue weighted by Gasteiger charge is 2.26. The fraction of sp³-hybridized carbons (Fsp3) is 0.611. The molecule has 1 N–H and O–H groups in total. The van der Waals surface area contributed by atoms with Gasteiger partial charge in [0.25, 0.3) is 0 Å². The Morgan fingerprint density at radius 1 is 0.492 bits per heavy atom. The Balaban J connectivity index is 4.32. The average Bonchev–Trinajstić information content (AvgIpc) is 3.24. The Labute approximate surface area is 386 Å². The number of hydrogen-bond donors (Lipinski definition) is 1. The fourth-order valence-electron chi connectivity index (χ4n) is 5.84. The lowest BCUT2D eigenvalue weighted by molar-refractivity contribution is -0.870. The van der Waals surface area contributed by atoms with Crippen LogP contribution in [0.1, 0.15) is 155 Å². The zero-order valence-electron chi connectivity index (χ0n) is 40.5. The van der Waals surface area contributed by atoms with Crippen molar-refractivity contribution in [1.29, 1.82) is 0 Å². The molecule has 0 fully saturated rings. The van der Waals surface area contributed by atoms with Crippen molar-refractivity contribution >= 4 is 13.8 Å². The molecule has 0 spiro atoms. The molecule has 0 rings (SSSR count). The zero-order chi connectivity index (χ0) is 46.2. The second-order valence-corrected chi connectivity index (χ2v) is 18.2. The van der Waals surface area contributed by atoms with Crippen LogP contribution in [-0.2, 0) is 27.9 Å². The SMILES string of the molecule is CC/C=C\C/C=C\C/C=C\C/C=C\C/C=C\C/C=C\CCCCCCC(=O)OC(COCCCCCCC/C=C\C/C=C\C/C=C\C/C=C\CC)COP(=O)(O)OCC[N+](C)(C)C. The van der Waals surface area contributed by atoms with Gasteiger partial charge in [0, 0.05) is 13.0 Å². The van der Waals surface area contributed by atoms with E-state index < -0.39 is 13.9 Å². The van der Waals surface area contributed by atoms with Crippen molar-refractivity contribution in [3.63, 3.8) is 0 Å². The second kappa shape index (κ2) is 45.5. The number of carbonyl (C=O) groups is 1. The summed E-state index contributed by atoms with van der Waals surface area (Å²) < 4.78 is 35.0. The van der Waals surface area contributed by atoms with Gasteiger partial charge in [0.1, 0.15) is 19.3 Å². The molecule has 2 unspecified atom stereocenters. The molecule has 0 bridgehead atoms. The summed E-state index contributed by atoms with van der Waals surface area (Å²) in [5, 5.41) is 0. The molecule has 9 heteroatoms. The third kappa shape index (κ3) is 49.8. The van der Waals surface area contributed by atoms with Crippen molar-refractivity contribution in [3.8, 4) is 0 Å². The van der Waals surface area contributed by atoms with Gasteiger partial charge < -0.3 is 18.9 Å². The van der Waals surface area contributed by atoms with E-state index in [9.17, 15) is 14.3 Å². The van der Waals surface area contributed by atoms with Crippen LogP contribution in [0.3, 0.4) is 0 Å². The number of nitrogens with zero attached hydrogens (tertiary/aromatic N) is 1. The van der Waals surface area contributed by atoms with E-state index in [0.717, 1.165) is 122 Å². The van der Waals surface area contributed by atoms with E-state index in [-0.39, 0.29) is 32.2 Å². The summed E-state index contributed by atoms with van der Waals surface area (Å²) in [7, 11) is 1.61. The molecule has 0 aliphatic heterocycles. The van der Waals surface area contributed by atoms with Gasteiger partial charge >= 0.3 is 13.8 Å². The monoisotopic (exact) mass is 897 g/mol. The number of rotatable bonds is 43. The van der Waals surface area contributed by atoms with Crippen molar-refractivity contribution in [1.82, 2.24) is 0 Å². The predicted octanol–water partition coefficient (Wildman–Crippen LogP) is 14.9. The first-order valence-electron chi connectivity index (χ1n) is 24.3. The number of quaternary nitrogens is 1. The predicted molar refractivity (Wildman–Crippen MR) is 270 cm³/mol. The summed E-state index contributed by atoms with van der Waals surface area (Å²) in [6, 6.07) is 0. The van der Waals surface area contributed by atoms with Gasteiger partial charge in [-0.05, 0) is 103 Å². The number of ether oxygens (including phenoxy) is 2. The molecule has 0 saturated carbocycles. The highest BCUT2D eigenvalue weighted by Crippen LogP contribution is 2.43. The third-order valence-corrected chi connectivity index (χ3v) is 10.5. The molecule has 0 aromatic heterocycles. The van der Waals surface area contributed by atoms with Gasteiger partial charge in [0.2, 0.25) is 0 Å². The summed E-state index contributed by atoms with van der Waals surface area (Å²) in [4.78, 5) is 23.0. The average molecular weight is 897 g/mol. The summed E-state index contributed by atoms with van der Waals surface area (Å²) >= 11 is 0. The van der Waals surface area contributed by atoms with Crippen molar-refractivity contribution in [3.05, 3.63) is 122 Å². The zero-order valence-corrected chi connectivity index (χ0v) is 41.4. The molecule has 0 heterocycles. The largest absolute Gasteiger partial charge is 0.472 e. The Bertz CT molecular complexity index is 1410. The van der Waals surface area contributed by atoms with Gasteiger partial charge in [-0.1, -0.05) is 167 Å². The molecule has 358 valence electrons. The minimum absolute atomic E-state index is 0.0712. The Hall–Kier alpha value is -3.10. The van der Waals surface area contributed by atoms with E-state index in [1.807, 2.05) is 21.1 Å². The van der Waals surface area contributed by atoms with Crippen LogP contribution in [0.15, 0.2) is 122 Å². The van der Waals surface area contributed by atoms with E-state index in [1.165, 1.54) is 12.8 Å². The van der Waals surface area contributed by atoms with Crippen LogP contribution in [0.25, 0.3) is 0 Å². The van der Waals surface area contributed by atoms with E-state index in [1.54, 1.807) is 0 Å². The van der Waals surface area contributed by atoms with Crippen molar-refractivity contribution in [2.45, 2.75) is 161 Å². The van der Waals surface area contributed by atoms with E-state index in [2.05, 4.69) is 135 Å². The van der Waals surface area contributed by atoms with E-state index >= 15 is 0 Å². The minimum Gasteiger partial charge on any atom is -0.457 e. The van der Waals surface area contributed by atoms with Crippen molar-refractivity contribution < 1.29 is 37.3 Å².